The number of rotatable bonds is 2. The zero-order valence-corrected chi connectivity index (χ0v) is 12.6. The van der Waals surface area contributed by atoms with Crippen LogP contribution in [0.1, 0.15) is 32.8 Å². The van der Waals surface area contributed by atoms with Crippen LogP contribution in [0.3, 0.4) is 0 Å². The Morgan fingerprint density at radius 3 is 2.37 bits per heavy atom. The zero-order valence-electron chi connectivity index (χ0n) is 11.8. The van der Waals surface area contributed by atoms with Gasteiger partial charge < -0.3 is 10.6 Å². The van der Waals surface area contributed by atoms with E-state index in [1.165, 1.54) is 5.56 Å². The third-order valence-corrected chi connectivity index (χ3v) is 3.45. The van der Waals surface area contributed by atoms with Crippen molar-refractivity contribution in [3.63, 3.8) is 0 Å². The van der Waals surface area contributed by atoms with Gasteiger partial charge in [-0.25, -0.2) is 0 Å². The van der Waals surface area contributed by atoms with E-state index in [1.807, 2.05) is 12.1 Å². The summed E-state index contributed by atoms with van der Waals surface area (Å²) in [6.45, 7) is 8.30. The van der Waals surface area contributed by atoms with E-state index in [1.54, 1.807) is 0 Å². The Morgan fingerprint density at radius 1 is 1.26 bits per heavy atom. The number of anilines is 1. The molecule has 1 saturated heterocycles. The van der Waals surface area contributed by atoms with Crippen LogP contribution in [0.4, 0.5) is 5.69 Å². The Balaban J connectivity index is 0.00000180. The van der Waals surface area contributed by atoms with Gasteiger partial charge in [-0.3, -0.25) is 4.79 Å². The van der Waals surface area contributed by atoms with E-state index in [0.29, 0.717) is 0 Å². The fraction of sp³-hybridized carbons (Fsp3) is 0.533. The Kier molecular flexibility index (Phi) is 5.39. The summed E-state index contributed by atoms with van der Waals surface area (Å²) in [6, 6.07) is 8.15. The van der Waals surface area contributed by atoms with Gasteiger partial charge in [0, 0.05) is 12.2 Å². The molecule has 2 rings (SSSR count). The highest BCUT2D eigenvalue weighted by Gasteiger charge is 2.22. The third kappa shape index (κ3) is 4.22. The quantitative estimate of drug-likeness (QED) is 0.876. The lowest BCUT2D eigenvalue weighted by atomic mass is 9.87. The molecule has 4 heteroatoms. The van der Waals surface area contributed by atoms with Crippen molar-refractivity contribution in [1.82, 2.24) is 5.32 Å². The standard InChI is InChI=1S/C15H22N2O.ClH/c1-15(2,3)12-4-6-13(7-5-12)17-14(18)11-8-9-16-10-11;/h4-7,11,16H,8-10H2,1-3H3,(H,17,18);1H. The molecule has 0 saturated carbocycles. The van der Waals surface area contributed by atoms with E-state index in [2.05, 4.69) is 43.5 Å². The van der Waals surface area contributed by atoms with E-state index in [9.17, 15) is 4.79 Å². The molecule has 0 radical (unpaired) electrons. The van der Waals surface area contributed by atoms with Crippen LogP contribution in [0.5, 0.6) is 0 Å². The maximum absolute atomic E-state index is 11.9. The van der Waals surface area contributed by atoms with E-state index in [0.717, 1.165) is 25.2 Å². The van der Waals surface area contributed by atoms with Crippen LogP contribution in [0.25, 0.3) is 0 Å². The van der Waals surface area contributed by atoms with Gasteiger partial charge in [-0.15, -0.1) is 12.4 Å². The molecule has 3 nitrogen and oxygen atoms in total. The highest BCUT2D eigenvalue weighted by molar-refractivity contribution is 5.92. The smallest absolute Gasteiger partial charge is 0.228 e. The normalized spacial score (nSPS) is 18.8. The highest BCUT2D eigenvalue weighted by atomic mass is 35.5. The number of hydrogen-bond acceptors (Lipinski definition) is 2. The van der Waals surface area contributed by atoms with Gasteiger partial charge >= 0.3 is 0 Å². The maximum Gasteiger partial charge on any atom is 0.228 e. The molecule has 1 atom stereocenters. The summed E-state index contributed by atoms with van der Waals surface area (Å²) in [7, 11) is 0. The molecule has 0 spiro atoms. The molecule has 0 bridgehead atoms. The lowest BCUT2D eigenvalue weighted by molar-refractivity contribution is -0.119. The molecule has 0 aliphatic carbocycles. The molecular formula is C15H23ClN2O. The second-order valence-corrected chi connectivity index (χ2v) is 6.01. The predicted octanol–water partition coefficient (Wildman–Crippen LogP) is 2.95. The first-order chi connectivity index (χ1) is 8.47. The van der Waals surface area contributed by atoms with Gasteiger partial charge in [0.2, 0.25) is 5.91 Å². The van der Waals surface area contributed by atoms with E-state index >= 15 is 0 Å². The molecule has 2 N–H and O–H groups in total. The molecule has 1 heterocycles. The number of hydrogen-bond donors (Lipinski definition) is 2. The number of carbonyl (C=O) groups is 1. The van der Waals surface area contributed by atoms with Crippen LogP contribution in [-0.4, -0.2) is 19.0 Å². The molecule has 0 aromatic heterocycles. The summed E-state index contributed by atoms with van der Waals surface area (Å²) in [5.74, 6) is 0.246. The number of carbonyl (C=O) groups excluding carboxylic acids is 1. The number of nitrogens with one attached hydrogen (secondary N) is 2. The van der Waals surface area contributed by atoms with E-state index in [-0.39, 0.29) is 29.6 Å². The first kappa shape index (κ1) is 16.0. The predicted molar refractivity (Wildman–Crippen MR) is 82.0 cm³/mol. The van der Waals surface area contributed by atoms with Crippen molar-refractivity contribution in [2.24, 2.45) is 5.92 Å². The first-order valence-electron chi connectivity index (χ1n) is 6.59. The average Bonchev–Trinajstić information content (AvgIpc) is 2.82. The second-order valence-electron chi connectivity index (χ2n) is 6.01. The summed E-state index contributed by atoms with van der Waals surface area (Å²) in [4.78, 5) is 11.9. The van der Waals surface area contributed by atoms with Gasteiger partial charge in [-0.2, -0.15) is 0 Å². The molecule has 1 aliphatic rings. The first-order valence-corrected chi connectivity index (χ1v) is 6.59. The van der Waals surface area contributed by atoms with Gasteiger partial charge in [-0.1, -0.05) is 32.9 Å². The summed E-state index contributed by atoms with van der Waals surface area (Å²) in [6.07, 6.45) is 0.936. The van der Waals surface area contributed by atoms with Crippen molar-refractivity contribution in [1.29, 1.82) is 0 Å². The Bertz CT molecular complexity index is 417. The molecule has 1 fully saturated rings. The molecular weight excluding hydrogens is 260 g/mol. The van der Waals surface area contributed by atoms with Crippen LogP contribution in [0.2, 0.25) is 0 Å². The minimum Gasteiger partial charge on any atom is -0.326 e. The molecule has 106 valence electrons. The minimum atomic E-state index is 0. The largest absolute Gasteiger partial charge is 0.326 e. The number of amides is 1. The van der Waals surface area contributed by atoms with Crippen molar-refractivity contribution in [3.05, 3.63) is 29.8 Å². The Hall–Kier alpha value is -1.06. The SMILES string of the molecule is CC(C)(C)c1ccc(NC(=O)C2CCNC2)cc1.Cl. The fourth-order valence-corrected chi connectivity index (χ4v) is 2.18. The van der Waals surface area contributed by atoms with Crippen LogP contribution < -0.4 is 10.6 Å². The molecule has 1 aromatic carbocycles. The maximum atomic E-state index is 11.9. The van der Waals surface area contributed by atoms with Crippen molar-refractivity contribution in [3.8, 4) is 0 Å². The summed E-state index contributed by atoms with van der Waals surface area (Å²) >= 11 is 0. The lowest BCUT2D eigenvalue weighted by Gasteiger charge is -2.19. The topological polar surface area (TPSA) is 41.1 Å². The lowest BCUT2D eigenvalue weighted by Crippen LogP contribution is -2.24. The fourth-order valence-electron chi connectivity index (χ4n) is 2.18. The summed E-state index contributed by atoms with van der Waals surface area (Å²) in [5.41, 5.74) is 2.32. The van der Waals surface area contributed by atoms with Gasteiger partial charge in [0.15, 0.2) is 0 Å². The molecule has 1 aromatic rings. The van der Waals surface area contributed by atoms with Crippen molar-refractivity contribution in [2.75, 3.05) is 18.4 Å². The van der Waals surface area contributed by atoms with E-state index < -0.39 is 0 Å². The van der Waals surface area contributed by atoms with Crippen LogP contribution >= 0.6 is 12.4 Å². The minimum absolute atomic E-state index is 0. The van der Waals surface area contributed by atoms with Gasteiger partial charge in [0.1, 0.15) is 0 Å². The molecule has 1 amide bonds. The number of benzene rings is 1. The van der Waals surface area contributed by atoms with Gasteiger partial charge in [0.25, 0.3) is 0 Å². The van der Waals surface area contributed by atoms with Crippen LogP contribution in [0, 0.1) is 5.92 Å². The summed E-state index contributed by atoms with van der Waals surface area (Å²) < 4.78 is 0. The zero-order chi connectivity index (χ0) is 13.2. The number of halogens is 1. The van der Waals surface area contributed by atoms with E-state index in [4.69, 9.17) is 0 Å². The summed E-state index contributed by atoms with van der Waals surface area (Å²) in [5, 5.41) is 6.19. The van der Waals surface area contributed by atoms with Crippen molar-refractivity contribution in [2.45, 2.75) is 32.6 Å². The average molecular weight is 283 g/mol. The monoisotopic (exact) mass is 282 g/mol. The Labute approximate surface area is 121 Å². The second kappa shape index (κ2) is 6.40. The van der Waals surface area contributed by atoms with Crippen LogP contribution in [-0.2, 0) is 10.2 Å². The van der Waals surface area contributed by atoms with Gasteiger partial charge in [-0.05, 0) is 36.1 Å². The molecule has 1 aliphatic heterocycles. The van der Waals surface area contributed by atoms with Crippen molar-refractivity contribution < 1.29 is 4.79 Å². The van der Waals surface area contributed by atoms with Gasteiger partial charge in [0.05, 0.1) is 5.92 Å². The molecule has 1 unspecified atom stereocenters. The Morgan fingerprint density at radius 2 is 1.89 bits per heavy atom. The highest BCUT2D eigenvalue weighted by Crippen LogP contribution is 2.23. The van der Waals surface area contributed by atoms with Crippen LogP contribution in [0.15, 0.2) is 24.3 Å². The van der Waals surface area contributed by atoms with Crippen molar-refractivity contribution >= 4 is 24.0 Å². The third-order valence-electron chi connectivity index (χ3n) is 3.45. The molecule has 19 heavy (non-hydrogen) atoms.